The van der Waals surface area contributed by atoms with Crippen LogP contribution in [0, 0.1) is 6.92 Å². The second kappa shape index (κ2) is 4.14. The number of aryl methyl sites for hydroxylation is 1. The van der Waals surface area contributed by atoms with E-state index < -0.39 is 5.97 Å². The SMILES string of the molecule is C=CCc1nc2sc(C(=O)O)c(C)c2c(=O)[nH]1. The summed E-state index contributed by atoms with van der Waals surface area (Å²) in [4.78, 5) is 30.2. The van der Waals surface area contributed by atoms with Gasteiger partial charge in [-0.2, -0.15) is 0 Å². The molecule has 0 spiro atoms. The number of hydrogen-bond acceptors (Lipinski definition) is 4. The summed E-state index contributed by atoms with van der Waals surface area (Å²) in [6, 6.07) is 0. The molecule has 88 valence electrons. The van der Waals surface area contributed by atoms with Crippen molar-refractivity contribution in [1.82, 2.24) is 9.97 Å². The van der Waals surface area contributed by atoms with E-state index in [0.717, 1.165) is 11.3 Å². The van der Waals surface area contributed by atoms with Crippen LogP contribution < -0.4 is 5.56 Å². The zero-order valence-corrected chi connectivity index (χ0v) is 9.93. The fourth-order valence-electron chi connectivity index (χ4n) is 1.63. The Labute approximate surface area is 100 Å². The van der Waals surface area contributed by atoms with Gasteiger partial charge in [-0.15, -0.1) is 17.9 Å². The van der Waals surface area contributed by atoms with Crippen LogP contribution in [0.2, 0.25) is 0 Å². The van der Waals surface area contributed by atoms with E-state index in [-0.39, 0.29) is 10.4 Å². The number of H-pyrrole nitrogens is 1. The molecule has 0 unspecified atom stereocenters. The molecule has 0 aliphatic rings. The van der Waals surface area contributed by atoms with Gasteiger partial charge in [0.15, 0.2) is 0 Å². The molecule has 2 rings (SSSR count). The zero-order valence-electron chi connectivity index (χ0n) is 9.11. The fraction of sp³-hybridized carbons (Fsp3) is 0.182. The summed E-state index contributed by atoms with van der Waals surface area (Å²) < 4.78 is 0. The molecule has 0 atom stereocenters. The van der Waals surface area contributed by atoms with Crippen molar-refractivity contribution in [2.24, 2.45) is 0 Å². The first-order valence-electron chi connectivity index (χ1n) is 4.91. The minimum absolute atomic E-state index is 0.161. The van der Waals surface area contributed by atoms with Crippen molar-refractivity contribution in [2.75, 3.05) is 0 Å². The van der Waals surface area contributed by atoms with Gasteiger partial charge in [0.05, 0.1) is 5.39 Å². The molecule has 2 heterocycles. The highest BCUT2D eigenvalue weighted by molar-refractivity contribution is 7.20. The standard InChI is InChI=1S/C11H10N2O3S/c1-3-4-6-12-9(14)7-5(2)8(11(15)16)17-10(7)13-6/h3H,1,4H2,2H3,(H,15,16)(H,12,13,14). The maximum Gasteiger partial charge on any atom is 0.346 e. The molecule has 2 aromatic rings. The molecule has 0 bridgehead atoms. The van der Waals surface area contributed by atoms with Crippen LogP contribution in [0.5, 0.6) is 0 Å². The maximum absolute atomic E-state index is 11.8. The Morgan fingerprint density at radius 3 is 2.94 bits per heavy atom. The van der Waals surface area contributed by atoms with Gasteiger partial charge >= 0.3 is 5.97 Å². The molecule has 6 heteroatoms. The van der Waals surface area contributed by atoms with E-state index in [2.05, 4.69) is 16.5 Å². The van der Waals surface area contributed by atoms with Crippen molar-refractivity contribution < 1.29 is 9.90 Å². The summed E-state index contributed by atoms with van der Waals surface area (Å²) in [6.07, 6.45) is 2.08. The van der Waals surface area contributed by atoms with Gasteiger partial charge in [-0.1, -0.05) is 6.08 Å². The van der Waals surface area contributed by atoms with E-state index in [9.17, 15) is 9.59 Å². The van der Waals surface area contributed by atoms with E-state index in [4.69, 9.17) is 5.11 Å². The minimum atomic E-state index is -1.03. The van der Waals surface area contributed by atoms with Crippen LogP contribution in [0.3, 0.4) is 0 Å². The number of hydrogen-bond donors (Lipinski definition) is 2. The maximum atomic E-state index is 11.8. The number of allylic oxidation sites excluding steroid dienone is 1. The molecule has 17 heavy (non-hydrogen) atoms. The topological polar surface area (TPSA) is 83.0 Å². The lowest BCUT2D eigenvalue weighted by molar-refractivity contribution is 0.0701. The highest BCUT2D eigenvalue weighted by Crippen LogP contribution is 2.26. The fourth-order valence-corrected chi connectivity index (χ4v) is 2.67. The first kappa shape index (κ1) is 11.5. The first-order chi connectivity index (χ1) is 8.04. The number of carboxylic acid groups (broad SMARTS) is 1. The van der Waals surface area contributed by atoms with Crippen LogP contribution in [0.1, 0.15) is 21.1 Å². The number of rotatable bonds is 3. The number of nitrogens with zero attached hydrogens (tertiary/aromatic N) is 1. The minimum Gasteiger partial charge on any atom is -0.477 e. The lowest BCUT2D eigenvalue weighted by atomic mass is 10.2. The van der Waals surface area contributed by atoms with Crippen LogP contribution in [-0.4, -0.2) is 21.0 Å². The Balaban J connectivity index is 2.78. The van der Waals surface area contributed by atoms with E-state index in [1.165, 1.54) is 0 Å². The third-order valence-corrected chi connectivity index (χ3v) is 3.56. The number of carboxylic acids is 1. The molecule has 2 aromatic heterocycles. The second-order valence-corrected chi connectivity index (χ2v) is 4.55. The number of carbonyl (C=O) groups is 1. The Morgan fingerprint density at radius 1 is 1.65 bits per heavy atom. The number of fused-ring (bicyclic) bond motifs is 1. The number of aromatic carboxylic acids is 1. The van der Waals surface area contributed by atoms with Gasteiger partial charge in [0.1, 0.15) is 15.5 Å². The number of thiophene rings is 1. The summed E-state index contributed by atoms with van der Waals surface area (Å²) in [5, 5.41) is 9.35. The van der Waals surface area contributed by atoms with Gasteiger partial charge in [0.25, 0.3) is 5.56 Å². The molecule has 0 aliphatic heterocycles. The average molecular weight is 250 g/mol. The van der Waals surface area contributed by atoms with Crippen LogP contribution in [-0.2, 0) is 6.42 Å². The monoisotopic (exact) mass is 250 g/mol. The molecular weight excluding hydrogens is 240 g/mol. The summed E-state index contributed by atoms with van der Waals surface area (Å²) >= 11 is 1.02. The van der Waals surface area contributed by atoms with Crippen molar-refractivity contribution in [3.8, 4) is 0 Å². The lowest BCUT2D eigenvalue weighted by Gasteiger charge is -1.96. The Morgan fingerprint density at radius 2 is 2.35 bits per heavy atom. The van der Waals surface area contributed by atoms with Gasteiger partial charge < -0.3 is 10.1 Å². The van der Waals surface area contributed by atoms with Crippen molar-refractivity contribution in [2.45, 2.75) is 13.3 Å². The van der Waals surface area contributed by atoms with Crippen LogP contribution in [0.4, 0.5) is 0 Å². The Hall–Kier alpha value is -1.95. The highest BCUT2D eigenvalue weighted by Gasteiger charge is 2.18. The van der Waals surface area contributed by atoms with Crippen LogP contribution >= 0.6 is 11.3 Å². The van der Waals surface area contributed by atoms with E-state index in [1.54, 1.807) is 13.0 Å². The number of aromatic amines is 1. The van der Waals surface area contributed by atoms with E-state index in [1.807, 2.05) is 0 Å². The smallest absolute Gasteiger partial charge is 0.346 e. The van der Waals surface area contributed by atoms with Crippen molar-refractivity contribution in [3.05, 3.63) is 39.3 Å². The molecular formula is C11H10N2O3S. The number of aromatic nitrogens is 2. The zero-order chi connectivity index (χ0) is 12.6. The molecule has 0 saturated heterocycles. The summed E-state index contributed by atoms with van der Waals surface area (Å²) in [5.74, 6) is -0.536. The van der Waals surface area contributed by atoms with Crippen molar-refractivity contribution >= 4 is 27.5 Å². The normalized spacial score (nSPS) is 10.6. The summed E-state index contributed by atoms with van der Waals surface area (Å²) in [5.41, 5.74) is 0.171. The van der Waals surface area contributed by atoms with Gasteiger partial charge in [0.2, 0.25) is 0 Å². The average Bonchev–Trinajstić information content (AvgIpc) is 2.56. The molecule has 5 nitrogen and oxygen atoms in total. The van der Waals surface area contributed by atoms with Crippen molar-refractivity contribution in [1.29, 1.82) is 0 Å². The second-order valence-electron chi connectivity index (χ2n) is 3.55. The van der Waals surface area contributed by atoms with Gasteiger partial charge in [0, 0.05) is 6.42 Å². The van der Waals surface area contributed by atoms with E-state index in [0.29, 0.717) is 28.0 Å². The van der Waals surface area contributed by atoms with Crippen LogP contribution in [0.25, 0.3) is 10.2 Å². The predicted octanol–water partition coefficient (Wildman–Crippen LogP) is 1.72. The highest BCUT2D eigenvalue weighted by atomic mass is 32.1. The Bertz CT molecular complexity index is 669. The summed E-state index contributed by atoms with van der Waals surface area (Å²) in [7, 11) is 0. The lowest BCUT2D eigenvalue weighted by Crippen LogP contribution is -2.11. The molecule has 0 aromatic carbocycles. The first-order valence-corrected chi connectivity index (χ1v) is 5.72. The van der Waals surface area contributed by atoms with Crippen molar-refractivity contribution in [3.63, 3.8) is 0 Å². The van der Waals surface area contributed by atoms with Crippen LogP contribution in [0.15, 0.2) is 17.4 Å². The third-order valence-electron chi connectivity index (χ3n) is 2.38. The predicted molar refractivity (Wildman–Crippen MR) is 65.8 cm³/mol. The number of nitrogens with one attached hydrogen (secondary N) is 1. The molecule has 0 fully saturated rings. The quantitative estimate of drug-likeness (QED) is 0.812. The van der Waals surface area contributed by atoms with Gasteiger partial charge in [-0.05, 0) is 12.5 Å². The van der Waals surface area contributed by atoms with Gasteiger partial charge in [-0.25, -0.2) is 9.78 Å². The third kappa shape index (κ3) is 1.87. The Kier molecular flexibility index (Phi) is 2.81. The summed E-state index contributed by atoms with van der Waals surface area (Å²) in [6.45, 7) is 5.18. The van der Waals surface area contributed by atoms with Gasteiger partial charge in [-0.3, -0.25) is 4.79 Å². The molecule has 0 aliphatic carbocycles. The largest absolute Gasteiger partial charge is 0.477 e. The molecule has 0 amide bonds. The molecule has 2 N–H and O–H groups in total. The molecule has 0 radical (unpaired) electrons. The molecule has 0 saturated carbocycles. The van der Waals surface area contributed by atoms with E-state index >= 15 is 0 Å².